The van der Waals surface area contributed by atoms with Gasteiger partial charge in [0.1, 0.15) is 22.7 Å². The van der Waals surface area contributed by atoms with Crippen LogP contribution in [0.25, 0.3) is 0 Å². The summed E-state index contributed by atoms with van der Waals surface area (Å²) >= 11 is 1.19. The first-order chi connectivity index (χ1) is 10.0. The van der Waals surface area contributed by atoms with E-state index in [9.17, 15) is 9.18 Å². The number of hydrogen-bond donors (Lipinski definition) is 1. The lowest BCUT2D eigenvalue weighted by Gasteiger charge is -2.07. The van der Waals surface area contributed by atoms with Gasteiger partial charge in [-0.1, -0.05) is 11.3 Å². The first-order valence-corrected chi connectivity index (χ1v) is 6.88. The Morgan fingerprint density at radius 1 is 1.38 bits per heavy atom. The smallest absolute Gasteiger partial charge is 0.261 e. The molecule has 0 radical (unpaired) electrons. The molecule has 1 aromatic carbocycles. The van der Waals surface area contributed by atoms with Crippen LogP contribution in [-0.4, -0.2) is 30.3 Å². The van der Waals surface area contributed by atoms with Crippen molar-refractivity contribution in [1.29, 1.82) is 0 Å². The SMILES string of the molecule is COc1ccc(F)cc1C(=O)Nc1nnc(C(C)OC)s1. The van der Waals surface area contributed by atoms with Crippen molar-refractivity contribution in [3.63, 3.8) is 0 Å². The van der Waals surface area contributed by atoms with E-state index in [1.807, 2.05) is 6.92 Å². The highest BCUT2D eigenvalue weighted by molar-refractivity contribution is 7.15. The Kier molecular flexibility index (Phi) is 4.81. The molecule has 0 aliphatic rings. The summed E-state index contributed by atoms with van der Waals surface area (Å²) in [6.45, 7) is 1.82. The summed E-state index contributed by atoms with van der Waals surface area (Å²) in [5.74, 6) is -0.755. The lowest BCUT2D eigenvalue weighted by Crippen LogP contribution is -2.13. The van der Waals surface area contributed by atoms with E-state index in [4.69, 9.17) is 9.47 Å². The van der Waals surface area contributed by atoms with Gasteiger partial charge in [0.05, 0.1) is 12.7 Å². The zero-order valence-electron chi connectivity index (χ0n) is 11.7. The van der Waals surface area contributed by atoms with E-state index in [2.05, 4.69) is 15.5 Å². The average molecular weight is 311 g/mol. The predicted octanol–water partition coefficient (Wildman–Crippen LogP) is 2.65. The molecule has 1 aromatic heterocycles. The molecule has 0 saturated heterocycles. The lowest BCUT2D eigenvalue weighted by molar-refractivity contribution is 0.102. The average Bonchev–Trinajstić information content (AvgIpc) is 2.94. The molecule has 2 rings (SSSR count). The predicted molar refractivity (Wildman–Crippen MR) is 76.2 cm³/mol. The quantitative estimate of drug-likeness (QED) is 0.919. The first-order valence-electron chi connectivity index (χ1n) is 6.06. The Hall–Kier alpha value is -2.06. The van der Waals surface area contributed by atoms with Crippen LogP contribution < -0.4 is 10.1 Å². The summed E-state index contributed by atoms with van der Waals surface area (Å²) < 4.78 is 23.4. The maximum atomic E-state index is 13.3. The summed E-state index contributed by atoms with van der Waals surface area (Å²) in [4.78, 5) is 12.1. The Morgan fingerprint density at radius 2 is 2.14 bits per heavy atom. The van der Waals surface area contributed by atoms with E-state index < -0.39 is 11.7 Å². The van der Waals surface area contributed by atoms with Crippen molar-refractivity contribution < 1.29 is 18.7 Å². The Balaban J connectivity index is 2.18. The van der Waals surface area contributed by atoms with Gasteiger partial charge in [0.2, 0.25) is 5.13 Å². The standard InChI is InChI=1S/C13H14FN3O3S/c1-7(19-2)12-16-17-13(21-12)15-11(18)9-6-8(14)4-5-10(9)20-3/h4-7H,1-3H3,(H,15,17,18). The number of anilines is 1. The summed E-state index contributed by atoms with van der Waals surface area (Å²) in [6.07, 6.45) is -0.211. The largest absolute Gasteiger partial charge is 0.496 e. The molecule has 0 fully saturated rings. The molecule has 0 aliphatic carbocycles. The second-order valence-electron chi connectivity index (χ2n) is 4.12. The van der Waals surface area contributed by atoms with Crippen LogP contribution in [0, 0.1) is 5.82 Å². The number of halogens is 1. The van der Waals surface area contributed by atoms with Crippen LogP contribution >= 0.6 is 11.3 Å². The van der Waals surface area contributed by atoms with Gasteiger partial charge in [-0.3, -0.25) is 10.1 Å². The molecule has 1 heterocycles. The highest BCUT2D eigenvalue weighted by Gasteiger charge is 2.17. The maximum Gasteiger partial charge on any atom is 0.261 e. The van der Waals surface area contributed by atoms with Crippen molar-refractivity contribution in [2.45, 2.75) is 13.0 Å². The van der Waals surface area contributed by atoms with E-state index in [-0.39, 0.29) is 17.4 Å². The molecule has 1 atom stereocenters. The maximum absolute atomic E-state index is 13.3. The molecule has 8 heteroatoms. The molecule has 6 nitrogen and oxygen atoms in total. The third-order valence-corrected chi connectivity index (χ3v) is 3.77. The number of rotatable bonds is 5. The Bertz CT molecular complexity index is 647. The van der Waals surface area contributed by atoms with E-state index >= 15 is 0 Å². The number of carbonyl (C=O) groups excluding carboxylic acids is 1. The van der Waals surface area contributed by atoms with Crippen LogP contribution in [0.15, 0.2) is 18.2 Å². The molecule has 1 amide bonds. The van der Waals surface area contributed by atoms with Crippen molar-refractivity contribution in [1.82, 2.24) is 10.2 Å². The van der Waals surface area contributed by atoms with Crippen LogP contribution in [0.2, 0.25) is 0 Å². The molecule has 1 N–H and O–H groups in total. The van der Waals surface area contributed by atoms with Crippen molar-refractivity contribution >= 4 is 22.4 Å². The van der Waals surface area contributed by atoms with Crippen molar-refractivity contribution in [2.75, 3.05) is 19.5 Å². The number of ether oxygens (including phenoxy) is 2. The van der Waals surface area contributed by atoms with E-state index in [0.29, 0.717) is 10.1 Å². The van der Waals surface area contributed by atoms with E-state index in [0.717, 1.165) is 6.07 Å². The molecule has 0 aliphatic heterocycles. The molecule has 0 bridgehead atoms. The minimum atomic E-state index is -0.521. The summed E-state index contributed by atoms with van der Waals surface area (Å²) in [7, 11) is 2.97. The number of amides is 1. The second kappa shape index (κ2) is 6.59. The third-order valence-electron chi connectivity index (χ3n) is 2.77. The molecule has 112 valence electrons. The van der Waals surface area contributed by atoms with Crippen molar-refractivity contribution in [3.05, 3.63) is 34.6 Å². The molecular formula is C13H14FN3O3S. The Morgan fingerprint density at radius 3 is 2.81 bits per heavy atom. The number of aromatic nitrogens is 2. The number of nitrogens with zero attached hydrogens (tertiary/aromatic N) is 2. The fraction of sp³-hybridized carbons (Fsp3) is 0.308. The minimum Gasteiger partial charge on any atom is -0.496 e. The summed E-state index contributed by atoms with van der Waals surface area (Å²) in [5.41, 5.74) is 0.0917. The van der Waals surface area contributed by atoms with Gasteiger partial charge in [0.15, 0.2) is 0 Å². The van der Waals surface area contributed by atoms with Gasteiger partial charge in [-0.05, 0) is 25.1 Å². The van der Waals surface area contributed by atoms with E-state index in [1.165, 1.54) is 30.6 Å². The Labute approximate surface area is 124 Å². The summed E-state index contributed by atoms with van der Waals surface area (Å²) in [6, 6.07) is 3.72. The van der Waals surface area contributed by atoms with Crippen LogP contribution in [0.3, 0.4) is 0 Å². The summed E-state index contributed by atoms with van der Waals surface area (Å²) in [5, 5.41) is 11.3. The number of methoxy groups -OCH3 is 2. The van der Waals surface area contributed by atoms with Crippen LogP contribution in [0.1, 0.15) is 28.4 Å². The molecule has 0 saturated carbocycles. The molecule has 0 spiro atoms. The highest BCUT2D eigenvalue weighted by atomic mass is 32.1. The van der Waals surface area contributed by atoms with Gasteiger partial charge in [-0.25, -0.2) is 4.39 Å². The van der Waals surface area contributed by atoms with Gasteiger partial charge in [0, 0.05) is 7.11 Å². The van der Waals surface area contributed by atoms with Crippen LogP contribution in [0.5, 0.6) is 5.75 Å². The van der Waals surface area contributed by atoms with Gasteiger partial charge in [-0.15, -0.1) is 10.2 Å². The lowest BCUT2D eigenvalue weighted by atomic mass is 10.2. The highest BCUT2D eigenvalue weighted by Crippen LogP contribution is 2.25. The number of nitrogens with one attached hydrogen (secondary N) is 1. The second-order valence-corrected chi connectivity index (χ2v) is 5.13. The molecular weight excluding hydrogens is 297 g/mol. The third kappa shape index (κ3) is 3.53. The normalized spacial score (nSPS) is 12.0. The fourth-order valence-electron chi connectivity index (χ4n) is 1.57. The van der Waals surface area contributed by atoms with Gasteiger partial charge in [-0.2, -0.15) is 0 Å². The molecule has 1 unspecified atom stereocenters. The number of carbonyl (C=O) groups is 1. The number of benzene rings is 1. The van der Waals surface area contributed by atoms with Gasteiger partial charge >= 0.3 is 0 Å². The monoisotopic (exact) mass is 311 g/mol. The van der Waals surface area contributed by atoms with Crippen molar-refractivity contribution in [2.24, 2.45) is 0 Å². The van der Waals surface area contributed by atoms with Gasteiger partial charge in [0.25, 0.3) is 5.91 Å². The first kappa shape index (κ1) is 15.3. The molecule has 21 heavy (non-hydrogen) atoms. The van der Waals surface area contributed by atoms with E-state index in [1.54, 1.807) is 7.11 Å². The van der Waals surface area contributed by atoms with Crippen molar-refractivity contribution in [3.8, 4) is 5.75 Å². The molecule has 2 aromatic rings. The van der Waals surface area contributed by atoms with Gasteiger partial charge < -0.3 is 9.47 Å². The number of hydrogen-bond acceptors (Lipinski definition) is 6. The zero-order chi connectivity index (χ0) is 15.4. The van der Waals surface area contributed by atoms with Crippen LogP contribution in [0.4, 0.5) is 9.52 Å². The fourth-order valence-corrected chi connectivity index (χ4v) is 2.34. The zero-order valence-corrected chi connectivity index (χ0v) is 12.5. The van der Waals surface area contributed by atoms with Crippen LogP contribution in [-0.2, 0) is 4.74 Å². The topological polar surface area (TPSA) is 73.3 Å². The minimum absolute atomic E-state index is 0.0917.